The molecular formula is C24H23N7O3. The van der Waals surface area contributed by atoms with Crippen molar-refractivity contribution >= 4 is 11.8 Å². The van der Waals surface area contributed by atoms with Gasteiger partial charge < -0.3 is 14.3 Å². The summed E-state index contributed by atoms with van der Waals surface area (Å²) >= 11 is 0. The summed E-state index contributed by atoms with van der Waals surface area (Å²) in [6, 6.07) is 18.7. The molecule has 0 atom stereocenters. The van der Waals surface area contributed by atoms with Crippen LogP contribution in [0.2, 0.25) is 0 Å². The summed E-state index contributed by atoms with van der Waals surface area (Å²) in [6.45, 7) is 4.80. The van der Waals surface area contributed by atoms with Gasteiger partial charge in [0.2, 0.25) is 5.82 Å². The average Bonchev–Trinajstić information content (AvgIpc) is 3.54. The Hall–Kier alpha value is -4.34. The smallest absolute Gasteiger partial charge is 0.295 e. The maximum absolute atomic E-state index is 13.2. The van der Waals surface area contributed by atoms with Crippen LogP contribution in [0.5, 0.6) is 0 Å². The minimum Gasteiger partial charge on any atom is -0.333 e. The van der Waals surface area contributed by atoms with Crippen LogP contribution >= 0.6 is 0 Å². The number of rotatable bonds is 4. The van der Waals surface area contributed by atoms with Crippen molar-refractivity contribution in [3.8, 4) is 17.1 Å². The third-order valence-corrected chi connectivity index (χ3v) is 5.78. The minimum atomic E-state index is -0.644. The second-order valence-corrected chi connectivity index (χ2v) is 8.63. The zero-order valence-electron chi connectivity index (χ0n) is 18.8. The van der Waals surface area contributed by atoms with E-state index < -0.39 is 5.54 Å². The Morgan fingerprint density at radius 1 is 0.912 bits per heavy atom. The zero-order valence-corrected chi connectivity index (χ0v) is 18.8. The molecule has 2 aromatic heterocycles. The van der Waals surface area contributed by atoms with Crippen molar-refractivity contribution in [3.05, 3.63) is 78.6 Å². The molecular weight excluding hydrogens is 434 g/mol. The Labute approximate surface area is 195 Å². The maximum atomic E-state index is 13.2. The summed E-state index contributed by atoms with van der Waals surface area (Å²) in [4.78, 5) is 38.1. The first-order chi connectivity index (χ1) is 16.4. The van der Waals surface area contributed by atoms with Gasteiger partial charge in [-0.1, -0.05) is 41.6 Å². The summed E-state index contributed by atoms with van der Waals surface area (Å²) in [7, 11) is 0. The molecule has 0 unspecified atom stereocenters. The highest BCUT2D eigenvalue weighted by Crippen LogP contribution is 2.24. The maximum Gasteiger partial charge on any atom is 0.295 e. The number of nitrogens with zero attached hydrogens (tertiary/aromatic N) is 7. The lowest BCUT2D eigenvalue weighted by Gasteiger charge is -2.46. The molecule has 2 amide bonds. The average molecular weight is 457 g/mol. The van der Waals surface area contributed by atoms with Crippen LogP contribution < -0.4 is 0 Å². The van der Waals surface area contributed by atoms with Gasteiger partial charge in [0.15, 0.2) is 0 Å². The van der Waals surface area contributed by atoms with E-state index in [2.05, 4.69) is 20.2 Å². The molecule has 1 aliphatic heterocycles. The van der Waals surface area contributed by atoms with Gasteiger partial charge >= 0.3 is 0 Å². The molecule has 34 heavy (non-hydrogen) atoms. The number of carbonyl (C=O) groups is 2. The molecule has 0 aliphatic carbocycles. The van der Waals surface area contributed by atoms with Crippen molar-refractivity contribution in [1.29, 1.82) is 0 Å². The summed E-state index contributed by atoms with van der Waals surface area (Å²) in [5, 5.41) is 8.22. The highest BCUT2D eigenvalue weighted by atomic mass is 16.5. The molecule has 0 saturated carbocycles. The Bertz CT molecular complexity index is 1310. The van der Waals surface area contributed by atoms with Gasteiger partial charge in [0.25, 0.3) is 23.5 Å². The van der Waals surface area contributed by atoms with Crippen molar-refractivity contribution < 1.29 is 14.1 Å². The topological polar surface area (TPSA) is 110 Å². The predicted octanol–water partition coefficient (Wildman–Crippen LogP) is 2.69. The molecule has 1 fully saturated rings. The summed E-state index contributed by atoms with van der Waals surface area (Å²) in [5.74, 6) is -0.215. The van der Waals surface area contributed by atoms with Gasteiger partial charge in [-0.15, -0.1) is 5.10 Å². The molecule has 2 aromatic carbocycles. The molecule has 1 aliphatic rings. The standard InChI is InChI=1S/C24H23N7O3/c1-24(2)15-29(22(32)20-26-21(34-28-20)17-9-5-3-6-10-17)13-14-30(24)23(33)19-25-16-31(27-19)18-11-7-4-8-12-18/h3-12,16H,13-15H2,1-2H3. The van der Waals surface area contributed by atoms with Gasteiger partial charge in [0.1, 0.15) is 6.33 Å². The lowest BCUT2D eigenvalue weighted by atomic mass is 9.98. The van der Waals surface area contributed by atoms with Crippen molar-refractivity contribution in [1.82, 2.24) is 34.7 Å². The lowest BCUT2D eigenvalue weighted by molar-refractivity contribution is 0.0155. The number of benzene rings is 2. The second-order valence-electron chi connectivity index (χ2n) is 8.63. The van der Waals surface area contributed by atoms with Crippen LogP contribution in [-0.2, 0) is 0 Å². The van der Waals surface area contributed by atoms with Gasteiger partial charge in [-0.2, -0.15) is 4.98 Å². The Balaban J connectivity index is 1.29. The Morgan fingerprint density at radius 3 is 2.32 bits per heavy atom. The van der Waals surface area contributed by atoms with E-state index in [-0.39, 0.29) is 29.4 Å². The normalized spacial score (nSPS) is 15.4. The third-order valence-electron chi connectivity index (χ3n) is 5.78. The Kier molecular flexibility index (Phi) is 5.40. The van der Waals surface area contributed by atoms with E-state index in [0.29, 0.717) is 19.6 Å². The molecule has 10 nitrogen and oxygen atoms in total. The number of hydrogen-bond donors (Lipinski definition) is 0. The van der Waals surface area contributed by atoms with Crippen molar-refractivity contribution in [2.24, 2.45) is 0 Å². The molecule has 0 radical (unpaired) electrons. The predicted molar refractivity (Wildman–Crippen MR) is 122 cm³/mol. The number of aromatic nitrogens is 5. The van der Waals surface area contributed by atoms with E-state index in [1.54, 1.807) is 14.5 Å². The van der Waals surface area contributed by atoms with Crippen LogP contribution in [0.25, 0.3) is 17.1 Å². The van der Waals surface area contributed by atoms with Crippen LogP contribution in [0.3, 0.4) is 0 Å². The van der Waals surface area contributed by atoms with E-state index in [4.69, 9.17) is 4.52 Å². The van der Waals surface area contributed by atoms with E-state index in [0.717, 1.165) is 11.3 Å². The van der Waals surface area contributed by atoms with E-state index in [1.807, 2.05) is 74.5 Å². The molecule has 10 heteroatoms. The van der Waals surface area contributed by atoms with E-state index >= 15 is 0 Å². The van der Waals surface area contributed by atoms with Gasteiger partial charge in [0.05, 0.1) is 11.2 Å². The molecule has 0 spiro atoms. The first-order valence-corrected chi connectivity index (χ1v) is 10.9. The zero-order chi connectivity index (χ0) is 23.7. The molecule has 1 saturated heterocycles. The third kappa shape index (κ3) is 4.05. The Morgan fingerprint density at radius 2 is 1.62 bits per heavy atom. The highest BCUT2D eigenvalue weighted by molar-refractivity contribution is 5.93. The first kappa shape index (κ1) is 21.5. The SMILES string of the molecule is CC1(C)CN(C(=O)c2noc(-c3ccccc3)n2)CCN1C(=O)c1ncn(-c2ccccc2)n1. The fourth-order valence-corrected chi connectivity index (χ4v) is 4.04. The van der Waals surface area contributed by atoms with Crippen molar-refractivity contribution in [3.63, 3.8) is 0 Å². The van der Waals surface area contributed by atoms with Crippen LogP contribution in [0, 0.1) is 0 Å². The van der Waals surface area contributed by atoms with Crippen LogP contribution in [0.1, 0.15) is 35.1 Å². The van der Waals surface area contributed by atoms with Gasteiger partial charge in [-0.3, -0.25) is 9.59 Å². The summed E-state index contributed by atoms with van der Waals surface area (Å²) in [5.41, 5.74) is 0.917. The molecule has 4 aromatic rings. The van der Waals surface area contributed by atoms with Gasteiger partial charge in [-0.25, -0.2) is 9.67 Å². The summed E-state index contributed by atoms with van der Waals surface area (Å²) in [6.07, 6.45) is 1.52. The molecule has 3 heterocycles. The molecule has 0 bridgehead atoms. The quantitative estimate of drug-likeness (QED) is 0.463. The van der Waals surface area contributed by atoms with Crippen molar-refractivity contribution in [2.45, 2.75) is 19.4 Å². The van der Waals surface area contributed by atoms with Crippen LogP contribution in [0.15, 0.2) is 71.5 Å². The monoisotopic (exact) mass is 457 g/mol. The molecule has 5 rings (SSSR count). The lowest BCUT2D eigenvalue weighted by Crippen LogP contribution is -2.62. The van der Waals surface area contributed by atoms with Gasteiger partial charge in [0, 0.05) is 25.2 Å². The van der Waals surface area contributed by atoms with Crippen LogP contribution in [-0.4, -0.2) is 71.7 Å². The van der Waals surface area contributed by atoms with E-state index in [9.17, 15) is 9.59 Å². The number of piperazine rings is 1. The second kappa shape index (κ2) is 8.54. The number of para-hydroxylation sites is 1. The largest absolute Gasteiger partial charge is 0.333 e. The highest BCUT2D eigenvalue weighted by Gasteiger charge is 2.40. The first-order valence-electron chi connectivity index (χ1n) is 10.9. The number of carbonyl (C=O) groups excluding carboxylic acids is 2. The minimum absolute atomic E-state index is 0.00213. The summed E-state index contributed by atoms with van der Waals surface area (Å²) < 4.78 is 6.85. The van der Waals surface area contributed by atoms with Gasteiger partial charge in [-0.05, 0) is 38.1 Å². The molecule has 0 N–H and O–H groups in total. The molecule has 172 valence electrons. The van der Waals surface area contributed by atoms with Crippen LogP contribution in [0.4, 0.5) is 0 Å². The van der Waals surface area contributed by atoms with E-state index in [1.165, 1.54) is 6.33 Å². The fourth-order valence-electron chi connectivity index (χ4n) is 4.04. The fraction of sp³-hybridized carbons (Fsp3) is 0.250. The number of amides is 2. The number of hydrogen-bond acceptors (Lipinski definition) is 7. The van der Waals surface area contributed by atoms with Crippen molar-refractivity contribution in [2.75, 3.05) is 19.6 Å².